The molecule has 0 saturated heterocycles. The molecule has 0 aliphatic heterocycles. The van der Waals surface area contributed by atoms with Crippen LogP contribution in [0.4, 0.5) is 10.5 Å². The molecule has 0 heterocycles. The number of primary amides is 1. The van der Waals surface area contributed by atoms with E-state index in [0.717, 1.165) is 5.56 Å². The quantitative estimate of drug-likeness (QED) is 0.660. The molecule has 0 fully saturated rings. The normalized spacial score (nSPS) is 11.3. The lowest BCUT2D eigenvalue weighted by Gasteiger charge is -2.17. The summed E-state index contributed by atoms with van der Waals surface area (Å²) in [7, 11) is 0. The zero-order valence-corrected chi connectivity index (χ0v) is 14.4. The second kappa shape index (κ2) is 9.22. The number of amides is 3. The van der Waals surface area contributed by atoms with Crippen LogP contribution in [0.2, 0.25) is 0 Å². The van der Waals surface area contributed by atoms with Gasteiger partial charge in [0, 0.05) is 12.1 Å². The van der Waals surface area contributed by atoms with Crippen LogP contribution >= 0.6 is 0 Å². The lowest BCUT2D eigenvalue weighted by molar-refractivity contribution is -0.117. The highest BCUT2D eigenvalue weighted by Gasteiger charge is 2.20. The molecule has 0 radical (unpaired) electrons. The molecule has 0 bridgehead atoms. The van der Waals surface area contributed by atoms with E-state index in [4.69, 9.17) is 10.5 Å². The summed E-state index contributed by atoms with van der Waals surface area (Å²) < 4.78 is 4.91. The molecule has 2 aromatic rings. The summed E-state index contributed by atoms with van der Waals surface area (Å²) in [6.07, 6.45) is 0.302. The van der Waals surface area contributed by atoms with Crippen molar-refractivity contribution >= 4 is 23.6 Å². The van der Waals surface area contributed by atoms with E-state index in [1.807, 2.05) is 30.3 Å². The maximum Gasteiger partial charge on any atom is 0.338 e. The number of hydrogen-bond donors (Lipinski definition) is 3. The van der Waals surface area contributed by atoms with Gasteiger partial charge in [-0.2, -0.15) is 0 Å². The molecule has 4 N–H and O–H groups in total. The summed E-state index contributed by atoms with van der Waals surface area (Å²) in [4.78, 5) is 35.4. The molecule has 7 nitrogen and oxygen atoms in total. The second-order valence-corrected chi connectivity index (χ2v) is 5.54. The molecule has 0 spiro atoms. The predicted molar refractivity (Wildman–Crippen MR) is 97.7 cm³/mol. The van der Waals surface area contributed by atoms with Crippen LogP contribution in [0.15, 0.2) is 54.6 Å². The maximum atomic E-state index is 12.5. The van der Waals surface area contributed by atoms with Crippen molar-refractivity contribution in [3.8, 4) is 0 Å². The molecule has 0 aliphatic rings. The molecule has 1 atom stereocenters. The smallest absolute Gasteiger partial charge is 0.338 e. The Bertz CT molecular complexity index is 760. The van der Waals surface area contributed by atoms with Crippen molar-refractivity contribution in [2.75, 3.05) is 11.9 Å². The Kier molecular flexibility index (Phi) is 6.73. The highest BCUT2D eigenvalue weighted by Crippen LogP contribution is 2.12. The summed E-state index contributed by atoms with van der Waals surface area (Å²) in [6, 6.07) is 14.0. The largest absolute Gasteiger partial charge is 0.462 e. The van der Waals surface area contributed by atoms with Gasteiger partial charge in [-0.15, -0.1) is 0 Å². The van der Waals surface area contributed by atoms with Crippen LogP contribution in [0.5, 0.6) is 0 Å². The van der Waals surface area contributed by atoms with Crippen molar-refractivity contribution in [1.29, 1.82) is 0 Å². The number of nitrogens with one attached hydrogen (secondary N) is 2. The van der Waals surface area contributed by atoms with E-state index in [1.165, 1.54) is 0 Å². The van der Waals surface area contributed by atoms with Gasteiger partial charge in [-0.25, -0.2) is 9.59 Å². The fraction of sp³-hybridized carbons (Fsp3) is 0.211. The molecule has 0 aromatic heterocycles. The molecule has 7 heteroatoms. The van der Waals surface area contributed by atoms with Crippen LogP contribution in [-0.4, -0.2) is 30.6 Å². The van der Waals surface area contributed by atoms with Crippen LogP contribution in [0, 0.1) is 0 Å². The first-order valence-electron chi connectivity index (χ1n) is 8.17. The van der Waals surface area contributed by atoms with Crippen molar-refractivity contribution < 1.29 is 19.1 Å². The van der Waals surface area contributed by atoms with Gasteiger partial charge in [-0.05, 0) is 36.8 Å². The third-order valence-corrected chi connectivity index (χ3v) is 3.58. The fourth-order valence-electron chi connectivity index (χ4n) is 2.36. The minimum atomic E-state index is -0.820. The average molecular weight is 355 g/mol. The third-order valence-electron chi connectivity index (χ3n) is 3.58. The van der Waals surface area contributed by atoms with E-state index in [0.29, 0.717) is 17.7 Å². The standard InChI is InChI=1S/C19H21N3O4/c1-2-26-18(24)14-8-10-15(11-9-14)21-17(23)16(22-19(20)25)12-13-6-4-3-5-7-13/h3-11,16H,2,12H2,1H3,(H,21,23)(H3,20,22,25)/t16-/m0/s1. The van der Waals surface area contributed by atoms with E-state index in [1.54, 1.807) is 31.2 Å². The number of rotatable bonds is 7. The lowest BCUT2D eigenvalue weighted by Crippen LogP contribution is -2.47. The number of ether oxygens (including phenoxy) is 1. The number of nitrogens with two attached hydrogens (primary N) is 1. The molecule has 2 rings (SSSR count). The van der Waals surface area contributed by atoms with E-state index >= 15 is 0 Å². The third kappa shape index (κ3) is 5.62. The molecule has 136 valence electrons. The summed E-state index contributed by atoms with van der Waals surface area (Å²) in [5.41, 5.74) is 6.95. The van der Waals surface area contributed by atoms with Gasteiger partial charge in [-0.1, -0.05) is 30.3 Å². The van der Waals surface area contributed by atoms with Gasteiger partial charge in [0.2, 0.25) is 5.91 Å². The van der Waals surface area contributed by atoms with E-state index < -0.39 is 23.9 Å². The van der Waals surface area contributed by atoms with E-state index in [9.17, 15) is 14.4 Å². The summed E-state index contributed by atoms with van der Waals surface area (Å²) in [5.74, 6) is -0.834. The van der Waals surface area contributed by atoms with Gasteiger partial charge < -0.3 is 21.1 Å². The summed E-state index contributed by atoms with van der Waals surface area (Å²) in [5, 5.41) is 5.15. The van der Waals surface area contributed by atoms with Crippen molar-refractivity contribution in [2.24, 2.45) is 5.73 Å². The van der Waals surface area contributed by atoms with Crippen LogP contribution in [0.25, 0.3) is 0 Å². The molecule has 0 unspecified atom stereocenters. The number of carbonyl (C=O) groups excluding carboxylic acids is 3. The number of anilines is 1. The Balaban J connectivity index is 2.06. The molecule has 3 amide bonds. The van der Waals surface area contributed by atoms with E-state index in [-0.39, 0.29) is 6.61 Å². The number of urea groups is 1. The summed E-state index contributed by atoms with van der Waals surface area (Å²) >= 11 is 0. The zero-order valence-electron chi connectivity index (χ0n) is 14.4. The first-order valence-corrected chi connectivity index (χ1v) is 8.17. The van der Waals surface area contributed by atoms with Gasteiger partial charge in [-0.3, -0.25) is 4.79 Å². The Morgan fingerprint density at radius 3 is 2.27 bits per heavy atom. The summed E-state index contributed by atoms with van der Waals surface area (Å²) in [6.45, 7) is 2.02. The van der Waals surface area contributed by atoms with Crippen LogP contribution in [0.1, 0.15) is 22.8 Å². The topological polar surface area (TPSA) is 111 Å². The highest BCUT2D eigenvalue weighted by atomic mass is 16.5. The number of carbonyl (C=O) groups is 3. The van der Waals surface area contributed by atoms with E-state index in [2.05, 4.69) is 10.6 Å². The van der Waals surface area contributed by atoms with Gasteiger partial charge in [0.05, 0.1) is 12.2 Å². The highest BCUT2D eigenvalue weighted by molar-refractivity contribution is 5.97. The molecular formula is C19H21N3O4. The van der Waals surface area contributed by atoms with Gasteiger partial charge in [0.15, 0.2) is 0 Å². The van der Waals surface area contributed by atoms with Crippen LogP contribution in [-0.2, 0) is 16.0 Å². The minimum Gasteiger partial charge on any atom is -0.462 e. The molecular weight excluding hydrogens is 334 g/mol. The van der Waals surface area contributed by atoms with Crippen molar-refractivity contribution in [3.63, 3.8) is 0 Å². The maximum absolute atomic E-state index is 12.5. The Morgan fingerprint density at radius 1 is 1.04 bits per heavy atom. The Hall–Kier alpha value is -3.35. The molecule has 0 aliphatic carbocycles. The Labute approximate surface area is 151 Å². The van der Waals surface area contributed by atoms with Crippen molar-refractivity contribution in [3.05, 3.63) is 65.7 Å². The number of benzene rings is 2. The second-order valence-electron chi connectivity index (χ2n) is 5.54. The van der Waals surface area contributed by atoms with Gasteiger partial charge >= 0.3 is 12.0 Å². The van der Waals surface area contributed by atoms with Crippen molar-refractivity contribution in [2.45, 2.75) is 19.4 Å². The molecule has 0 saturated carbocycles. The van der Waals surface area contributed by atoms with Gasteiger partial charge in [0.25, 0.3) is 0 Å². The van der Waals surface area contributed by atoms with Crippen molar-refractivity contribution in [1.82, 2.24) is 5.32 Å². The molecule has 26 heavy (non-hydrogen) atoms. The predicted octanol–water partition coefficient (Wildman–Crippen LogP) is 2.08. The molecule has 2 aromatic carbocycles. The number of esters is 1. The number of hydrogen-bond acceptors (Lipinski definition) is 4. The zero-order chi connectivity index (χ0) is 18.9. The Morgan fingerprint density at radius 2 is 1.69 bits per heavy atom. The first kappa shape index (κ1) is 19.0. The van der Waals surface area contributed by atoms with Crippen LogP contribution in [0.3, 0.4) is 0 Å². The minimum absolute atomic E-state index is 0.289. The van der Waals surface area contributed by atoms with Gasteiger partial charge in [0.1, 0.15) is 6.04 Å². The van der Waals surface area contributed by atoms with Crippen LogP contribution < -0.4 is 16.4 Å². The average Bonchev–Trinajstić information content (AvgIpc) is 2.62. The first-order chi connectivity index (χ1) is 12.5. The monoisotopic (exact) mass is 355 g/mol. The lowest BCUT2D eigenvalue weighted by atomic mass is 10.1. The SMILES string of the molecule is CCOC(=O)c1ccc(NC(=O)[C@H](Cc2ccccc2)NC(N)=O)cc1. The fourth-order valence-corrected chi connectivity index (χ4v) is 2.36.